The van der Waals surface area contributed by atoms with Crippen LogP contribution in [0.5, 0.6) is 0 Å². The van der Waals surface area contributed by atoms with Crippen LogP contribution in [0.2, 0.25) is 5.15 Å². The third-order valence-electron chi connectivity index (χ3n) is 8.59. The minimum atomic E-state index is -3.04. The number of aromatic nitrogens is 1. The smallest absolute Gasteiger partial charge is 0.410 e. The first-order chi connectivity index (χ1) is 21.5. The number of rotatable bonds is 9. The molecule has 4 rings (SSSR count). The predicted octanol–water partition coefficient (Wildman–Crippen LogP) is 7.81. The van der Waals surface area contributed by atoms with Crippen molar-refractivity contribution >= 4 is 40.8 Å². The summed E-state index contributed by atoms with van der Waals surface area (Å²) >= 11 is 5.90. The minimum Gasteiger partial charge on any atom is -0.444 e. The molecule has 1 aromatic heterocycles. The van der Waals surface area contributed by atoms with E-state index < -0.39 is 52.6 Å². The molecule has 1 N–H and O–H groups in total. The molecule has 2 aliphatic heterocycles. The highest BCUT2D eigenvalue weighted by molar-refractivity contribution is 6.29. The predicted molar refractivity (Wildman–Crippen MR) is 165 cm³/mol. The number of amides is 2. The van der Waals surface area contributed by atoms with Gasteiger partial charge in [0.05, 0.1) is 16.2 Å². The Hall–Kier alpha value is -3.68. The first-order valence-corrected chi connectivity index (χ1v) is 15.5. The number of carbonyl (C=O) groups excluding carboxylic acids is 2. The normalized spacial score (nSPS) is 19.5. The van der Waals surface area contributed by atoms with Crippen LogP contribution in [0, 0.1) is 21.4 Å². The number of pyridine rings is 1. The van der Waals surface area contributed by atoms with Crippen LogP contribution in [0.3, 0.4) is 0 Å². The van der Waals surface area contributed by atoms with Gasteiger partial charge in [0, 0.05) is 56.1 Å². The lowest BCUT2D eigenvalue weighted by molar-refractivity contribution is -0.384. The van der Waals surface area contributed by atoms with Gasteiger partial charge in [-0.1, -0.05) is 24.1 Å². The van der Waals surface area contributed by atoms with Crippen molar-refractivity contribution in [3.63, 3.8) is 0 Å². The summed E-state index contributed by atoms with van der Waals surface area (Å²) in [4.78, 5) is 43.5. The number of hydrogen-bond donors (Lipinski definition) is 1. The fourth-order valence-corrected chi connectivity index (χ4v) is 6.16. The minimum absolute atomic E-state index is 0.0136. The van der Waals surface area contributed by atoms with Gasteiger partial charge in [-0.2, -0.15) is 0 Å². The first kappa shape index (κ1) is 35.2. The number of hydrogen-bond acceptors (Lipinski definition) is 7. The summed E-state index contributed by atoms with van der Waals surface area (Å²) in [5, 5.41) is 14.3. The second-order valence-corrected chi connectivity index (χ2v) is 13.3. The van der Waals surface area contributed by atoms with Crippen LogP contribution in [0.25, 0.3) is 0 Å². The molecule has 1 unspecified atom stereocenters. The monoisotopic (exact) mass is 671 g/mol. The van der Waals surface area contributed by atoms with Crippen LogP contribution in [0.1, 0.15) is 69.7 Å². The summed E-state index contributed by atoms with van der Waals surface area (Å²) < 4.78 is 64.2. The number of alkyl halides is 4. The molecule has 0 saturated carbocycles. The van der Waals surface area contributed by atoms with Gasteiger partial charge in [0.15, 0.2) is 0 Å². The first-order valence-electron chi connectivity index (χ1n) is 15.1. The molecule has 0 radical (unpaired) electrons. The van der Waals surface area contributed by atoms with E-state index in [9.17, 15) is 37.3 Å². The summed E-state index contributed by atoms with van der Waals surface area (Å²) in [7, 11) is 0. The van der Waals surface area contributed by atoms with Crippen molar-refractivity contribution in [3.05, 3.63) is 57.2 Å². The highest BCUT2D eigenvalue weighted by Gasteiger charge is 2.47. The zero-order valence-electron chi connectivity index (χ0n) is 25.9. The molecule has 2 aliphatic rings. The number of anilines is 2. The second-order valence-electron chi connectivity index (χ2n) is 12.9. The summed E-state index contributed by atoms with van der Waals surface area (Å²) in [6.45, 7) is 4.80. The maximum absolute atomic E-state index is 14.8. The average molecular weight is 672 g/mol. The topological polar surface area (TPSA) is 118 Å². The molecular weight excluding hydrogens is 634 g/mol. The lowest BCUT2D eigenvalue weighted by atomic mass is 9.73. The van der Waals surface area contributed by atoms with Gasteiger partial charge in [-0.05, 0) is 64.7 Å². The van der Waals surface area contributed by atoms with Crippen molar-refractivity contribution in [1.29, 1.82) is 0 Å². The van der Waals surface area contributed by atoms with Gasteiger partial charge in [0.1, 0.15) is 16.6 Å². The van der Waals surface area contributed by atoms with Crippen molar-refractivity contribution in [2.24, 2.45) is 11.3 Å². The van der Waals surface area contributed by atoms with Crippen LogP contribution in [-0.2, 0) is 4.74 Å². The van der Waals surface area contributed by atoms with Crippen molar-refractivity contribution < 1.29 is 36.8 Å². The number of likely N-dealkylation sites (tertiary alicyclic amines) is 1. The molecule has 2 saturated heterocycles. The van der Waals surface area contributed by atoms with E-state index in [0.29, 0.717) is 0 Å². The average Bonchev–Trinajstić information content (AvgIpc) is 2.97. The zero-order chi connectivity index (χ0) is 33.9. The van der Waals surface area contributed by atoms with Crippen LogP contribution in [-0.4, -0.2) is 70.9 Å². The van der Waals surface area contributed by atoms with Gasteiger partial charge >= 0.3 is 6.09 Å². The Balaban J connectivity index is 1.44. The summed E-state index contributed by atoms with van der Waals surface area (Å²) in [5.41, 5.74) is -2.22. The lowest BCUT2D eigenvalue weighted by Crippen LogP contribution is -2.50. The molecule has 2 fully saturated rings. The number of benzene rings is 1. The fraction of sp³-hybridized carbons (Fsp3) is 0.581. The van der Waals surface area contributed by atoms with Crippen molar-refractivity contribution in [2.75, 3.05) is 36.4 Å². The molecule has 0 spiro atoms. The number of non-ortho nitro benzene ring substituents is 1. The van der Waals surface area contributed by atoms with Crippen LogP contribution < -0.4 is 10.2 Å². The quantitative estimate of drug-likeness (QED) is 0.125. The van der Waals surface area contributed by atoms with E-state index >= 15 is 0 Å². The Morgan fingerprint density at radius 1 is 1.15 bits per heavy atom. The highest BCUT2D eigenvalue weighted by atomic mass is 35.5. The summed E-state index contributed by atoms with van der Waals surface area (Å²) in [6.07, 6.45) is -3.94. The van der Waals surface area contributed by atoms with Crippen molar-refractivity contribution in [3.8, 4) is 0 Å². The van der Waals surface area contributed by atoms with Gasteiger partial charge in [-0.15, -0.1) is 0 Å². The SMILES string of the molecule is CC(C)(C)OC(=O)N1CCC(F)(F)C(CCCC2(C(F)F)CCN(c3cc([N+](=O)[O-])ccc3C(=O)Nc3cccc(Cl)n3)CC2)C1. The van der Waals surface area contributed by atoms with Crippen LogP contribution in [0.4, 0.5) is 39.5 Å². The van der Waals surface area contributed by atoms with E-state index in [1.54, 1.807) is 31.7 Å². The maximum Gasteiger partial charge on any atom is 0.410 e. The molecule has 0 aliphatic carbocycles. The number of nitrogens with zero attached hydrogens (tertiary/aromatic N) is 4. The number of carbonyl (C=O) groups is 2. The number of piperidine rings is 2. The number of nitro groups is 1. The Morgan fingerprint density at radius 3 is 2.46 bits per heavy atom. The van der Waals surface area contributed by atoms with E-state index in [0.717, 1.165) is 0 Å². The number of nitrogens with one attached hydrogen (secondary N) is 1. The Labute approximate surface area is 269 Å². The Bertz CT molecular complexity index is 1430. The van der Waals surface area contributed by atoms with Gasteiger partial charge in [-0.3, -0.25) is 14.9 Å². The maximum atomic E-state index is 14.8. The lowest BCUT2D eigenvalue weighted by Gasteiger charge is -2.43. The molecule has 1 atom stereocenters. The molecule has 252 valence electrons. The molecule has 46 heavy (non-hydrogen) atoms. The number of nitro benzene ring substituents is 1. The van der Waals surface area contributed by atoms with Crippen molar-refractivity contribution in [1.82, 2.24) is 9.88 Å². The van der Waals surface area contributed by atoms with Crippen LogP contribution in [0.15, 0.2) is 36.4 Å². The van der Waals surface area contributed by atoms with E-state index in [-0.39, 0.29) is 86.2 Å². The van der Waals surface area contributed by atoms with E-state index in [4.69, 9.17) is 16.3 Å². The Morgan fingerprint density at radius 2 is 1.85 bits per heavy atom. The summed E-state index contributed by atoms with van der Waals surface area (Å²) in [5.74, 6) is -4.68. The number of ether oxygens (including phenoxy) is 1. The second kappa shape index (κ2) is 14.0. The van der Waals surface area contributed by atoms with Gasteiger partial charge in [-0.25, -0.2) is 27.3 Å². The van der Waals surface area contributed by atoms with Crippen LogP contribution >= 0.6 is 11.6 Å². The third kappa shape index (κ3) is 8.56. The molecular formula is C31H38ClF4N5O5. The molecule has 2 amide bonds. The zero-order valence-corrected chi connectivity index (χ0v) is 26.7. The van der Waals surface area contributed by atoms with E-state index in [1.807, 2.05) is 0 Å². The van der Waals surface area contributed by atoms with E-state index in [2.05, 4.69) is 10.3 Å². The molecule has 1 aromatic carbocycles. The highest BCUT2D eigenvalue weighted by Crippen LogP contribution is 2.45. The van der Waals surface area contributed by atoms with Crippen molar-refractivity contribution in [2.45, 2.75) is 77.2 Å². The van der Waals surface area contributed by atoms with Gasteiger partial charge < -0.3 is 19.9 Å². The molecule has 2 aromatic rings. The van der Waals surface area contributed by atoms with Gasteiger partial charge in [0.2, 0.25) is 6.43 Å². The van der Waals surface area contributed by atoms with Gasteiger partial charge in [0.25, 0.3) is 17.5 Å². The molecule has 3 heterocycles. The fourth-order valence-electron chi connectivity index (χ4n) is 5.99. The largest absolute Gasteiger partial charge is 0.444 e. The number of halogens is 5. The Kier molecular flexibility index (Phi) is 10.7. The molecule has 10 nitrogen and oxygen atoms in total. The standard InChI is InChI=1S/C31H38ClF4N5O5/c1-29(2,3)46-28(43)40-17-14-31(35,36)20(19-40)6-5-11-30(27(33)34)12-15-39(16-13-30)23-18-21(41(44)45)9-10-22(23)26(42)38-25-8-4-7-24(32)37-25/h4,7-10,18,20,27H,5-6,11-17,19H2,1-3H3,(H,37,38,42). The molecule has 0 bridgehead atoms. The third-order valence-corrected chi connectivity index (χ3v) is 8.80. The molecule has 15 heteroatoms. The van der Waals surface area contributed by atoms with E-state index in [1.165, 1.54) is 35.2 Å². The summed E-state index contributed by atoms with van der Waals surface area (Å²) in [6, 6.07) is 8.34.